The monoisotopic (exact) mass is 328 g/mol. The fourth-order valence-electron chi connectivity index (χ4n) is 2.09. The van der Waals surface area contributed by atoms with Crippen LogP contribution < -0.4 is 10.1 Å². The maximum Gasteiger partial charge on any atom is 0.290 e. The Bertz CT molecular complexity index is 855. The maximum absolute atomic E-state index is 12.1. The number of amides is 1. The Balaban J connectivity index is 1.73. The molecule has 0 spiro atoms. The first-order valence-corrected chi connectivity index (χ1v) is 7.29. The van der Waals surface area contributed by atoms with Crippen LogP contribution in [-0.2, 0) is 0 Å². The van der Waals surface area contributed by atoms with E-state index in [-0.39, 0.29) is 11.7 Å². The van der Waals surface area contributed by atoms with Crippen LogP contribution in [0.25, 0.3) is 11.4 Å². The molecular weight excluding hydrogens is 312 g/mol. The van der Waals surface area contributed by atoms with Gasteiger partial charge >= 0.3 is 0 Å². The van der Waals surface area contributed by atoms with E-state index >= 15 is 0 Å². The molecule has 8 nitrogen and oxygen atoms in total. The van der Waals surface area contributed by atoms with Gasteiger partial charge in [0, 0.05) is 11.6 Å². The molecule has 2 aromatic heterocycles. The number of aromatic nitrogens is 3. The first-order chi connectivity index (χ1) is 11.6. The third-order valence-electron chi connectivity index (χ3n) is 3.34. The molecule has 24 heavy (non-hydrogen) atoms. The summed E-state index contributed by atoms with van der Waals surface area (Å²) in [4.78, 5) is 16.4. The zero-order valence-corrected chi connectivity index (χ0v) is 13.4. The van der Waals surface area contributed by atoms with Gasteiger partial charge in [0.25, 0.3) is 5.91 Å². The van der Waals surface area contributed by atoms with Crippen LogP contribution in [0.2, 0.25) is 0 Å². The third-order valence-corrected chi connectivity index (χ3v) is 3.34. The van der Waals surface area contributed by atoms with Crippen molar-refractivity contribution in [1.82, 2.24) is 20.6 Å². The fourth-order valence-corrected chi connectivity index (χ4v) is 2.09. The van der Waals surface area contributed by atoms with Crippen LogP contribution in [0.1, 0.15) is 35.1 Å². The molecule has 0 aliphatic heterocycles. The number of carbonyl (C=O) groups is 1. The van der Waals surface area contributed by atoms with Gasteiger partial charge < -0.3 is 19.1 Å². The van der Waals surface area contributed by atoms with Crippen LogP contribution >= 0.6 is 0 Å². The van der Waals surface area contributed by atoms with Gasteiger partial charge in [0.15, 0.2) is 0 Å². The standard InChI is InChI=1S/C16H16N4O4/c1-9-7-13(23-19-9)15(21)17-10(2)16-18-14(20-24-16)11-5-4-6-12(8-11)22-3/h4-8,10H,1-3H3,(H,17,21)/t10-/m1/s1. The minimum atomic E-state index is -0.477. The summed E-state index contributed by atoms with van der Waals surface area (Å²) in [6, 6.07) is 8.38. The van der Waals surface area contributed by atoms with Gasteiger partial charge in [0.05, 0.1) is 12.8 Å². The molecule has 3 rings (SSSR count). The summed E-state index contributed by atoms with van der Waals surface area (Å²) in [5, 5.41) is 10.3. The lowest BCUT2D eigenvalue weighted by molar-refractivity contribution is 0.0895. The molecule has 0 saturated carbocycles. The number of hydrogen-bond donors (Lipinski definition) is 1. The summed E-state index contributed by atoms with van der Waals surface area (Å²) in [6.07, 6.45) is 0. The van der Waals surface area contributed by atoms with Crippen LogP contribution in [0.4, 0.5) is 0 Å². The number of hydrogen-bond acceptors (Lipinski definition) is 7. The Labute approximate surface area is 137 Å². The van der Waals surface area contributed by atoms with E-state index in [9.17, 15) is 4.79 Å². The minimum absolute atomic E-state index is 0.131. The van der Waals surface area contributed by atoms with Crippen LogP contribution in [0.15, 0.2) is 39.4 Å². The van der Waals surface area contributed by atoms with E-state index in [1.54, 1.807) is 33.1 Å². The van der Waals surface area contributed by atoms with Crippen molar-refractivity contribution in [3.63, 3.8) is 0 Å². The van der Waals surface area contributed by atoms with Crippen molar-refractivity contribution in [2.75, 3.05) is 7.11 Å². The lowest BCUT2D eigenvalue weighted by Gasteiger charge is -2.07. The Morgan fingerprint density at radius 2 is 2.08 bits per heavy atom. The predicted molar refractivity (Wildman–Crippen MR) is 83.4 cm³/mol. The highest BCUT2D eigenvalue weighted by Gasteiger charge is 2.20. The van der Waals surface area contributed by atoms with Crippen molar-refractivity contribution in [2.24, 2.45) is 0 Å². The second-order valence-electron chi connectivity index (χ2n) is 5.22. The van der Waals surface area contributed by atoms with Crippen LogP contribution in [-0.4, -0.2) is 28.3 Å². The van der Waals surface area contributed by atoms with Gasteiger partial charge in [0.1, 0.15) is 11.8 Å². The van der Waals surface area contributed by atoms with E-state index in [1.807, 2.05) is 18.2 Å². The minimum Gasteiger partial charge on any atom is -0.497 e. The van der Waals surface area contributed by atoms with E-state index in [4.69, 9.17) is 13.8 Å². The quantitative estimate of drug-likeness (QED) is 0.767. The molecule has 1 N–H and O–H groups in total. The average Bonchev–Trinajstić information content (AvgIpc) is 3.24. The smallest absolute Gasteiger partial charge is 0.290 e. The highest BCUT2D eigenvalue weighted by Crippen LogP contribution is 2.22. The van der Waals surface area contributed by atoms with Gasteiger partial charge in [-0.25, -0.2) is 0 Å². The van der Waals surface area contributed by atoms with Crippen molar-refractivity contribution < 1.29 is 18.6 Å². The van der Waals surface area contributed by atoms with Gasteiger partial charge in [-0.15, -0.1) is 0 Å². The van der Waals surface area contributed by atoms with Crippen molar-refractivity contribution in [3.8, 4) is 17.1 Å². The van der Waals surface area contributed by atoms with Crippen LogP contribution in [0, 0.1) is 6.92 Å². The normalized spacial score (nSPS) is 12.0. The Morgan fingerprint density at radius 3 is 2.79 bits per heavy atom. The van der Waals surface area contributed by atoms with Gasteiger partial charge in [-0.3, -0.25) is 4.79 Å². The van der Waals surface area contributed by atoms with Crippen molar-refractivity contribution in [3.05, 3.63) is 47.7 Å². The Morgan fingerprint density at radius 1 is 1.25 bits per heavy atom. The summed E-state index contributed by atoms with van der Waals surface area (Å²) in [7, 11) is 1.59. The summed E-state index contributed by atoms with van der Waals surface area (Å²) in [5.74, 6) is 1.13. The van der Waals surface area contributed by atoms with Crippen LogP contribution in [0.3, 0.4) is 0 Å². The molecule has 0 unspecified atom stereocenters. The molecule has 8 heteroatoms. The number of aryl methyl sites for hydroxylation is 1. The summed E-state index contributed by atoms with van der Waals surface area (Å²) < 4.78 is 15.3. The lowest BCUT2D eigenvalue weighted by atomic mass is 10.2. The molecule has 1 aromatic carbocycles. The summed E-state index contributed by atoms with van der Waals surface area (Å²) in [6.45, 7) is 3.48. The molecular formula is C16H16N4O4. The average molecular weight is 328 g/mol. The number of rotatable bonds is 5. The van der Waals surface area contributed by atoms with Gasteiger partial charge in [-0.1, -0.05) is 22.4 Å². The summed E-state index contributed by atoms with van der Waals surface area (Å²) in [5.41, 5.74) is 1.39. The Kier molecular flexibility index (Phi) is 4.28. The van der Waals surface area contributed by atoms with Gasteiger partial charge in [-0.05, 0) is 26.0 Å². The number of carbonyl (C=O) groups excluding carboxylic acids is 1. The second-order valence-corrected chi connectivity index (χ2v) is 5.22. The van der Waals surface area contributed by atoms with Crippen LogP contribution in [0.5, 0.6) is 5.75 Å². The van der Waals surface area contributed by atoms with E-state index in [2.05, 4.69) is 20.6 Å². The molecule has 124 valence electrons. The van der Waals surface area contributed by atoms with Crippen molar-refractivity contribution >= 4 is 5.91 Å². The Hall–Kier alpha value is -3.16. The molecule has 0 aliphatic rings. The number of nitrogens with one attached hydrogen (secondary N) is 1. The molecule has 3 aromatic rings. The first kappa shape index (κ1) is 15.7. The van der Waals surface area contributed by atoms with Gasteiger partial charge in [0.2, 0.25) is 17.5 Å². The van der Waals surface area contributed by atoms with Crippen molar-refractivity contribution in [2.45, 2.75) is 19.9 Å². The predicted octanol–water partition coefficient (Wildman–Crippen LogP) is 2.53. The zero-order chi connectivity index (χ0) is 17.1. The summed E-state index contributed by atoms with van der Waals surface area (Å²) >= 11 is 0. The maximum atomic E-state index is 12.1. The number of nitrogens with zero attached hydrogens (tertiary/aromatic N) is 3. The molecule has 2 heterocycles. The SMILES string of the molecule is COc1cccc(-c2noc([C@@H](C)NC(=O)c3cc(C)no3)n2)c1. The largest absolute Gasteiger partial charge is 0.497 e. The highest BCUT2D eigenvalue weighted by molar-refractivity contribution is 5.91. The molecule has 0 saturated heterocycles. The third kappa shape index (κ3) is 3.27. The molecule has 0 radical (unpaired) electrons. The van der Waals surface area contributed by atoms with Gasteiger partial charge in [-0.2, -0.15) is 4.98 Å². The number of benzene rings is 1. The van der Waals surface area contributed by atoms with E-state index in [1.165, 1.54) is 0 Å². The lowest BCUT2D eigenvalue weighted by Crippen LogP contribution is -2.26. The second kappa shape index (κ2) is 6.53. The molecule has 0 aliphatic carbocycles. The van der Waals surface area contributed by atoms with E-state index in [0.717, 1.165) is 5.56 Å². The molecule has 1 atom stereocenters. The zero-order valence-electron chi connectivity index (χ0n) is 13.4. The number of ether oxygens (including phenoxy) is 1. The highest BCUT2D eigenvalue weighted by atomic mass is 16.5. The van der Waals surface area contributed by atoms with E-state index in [0.29, 0.717) is 17.3 Å². The van der Waals surface area contributed by atoms with Crippen molar-refractivity contribution in [1.29, 1.82) is 0 Å². The molecule has 1 amide bonds. The topological polar surface area (TPSA) is 103 Å². The fraction of sp³-hybridized carbons (Fsp3) is 0.250. The first-order valence-electron chi connectivity index (χ1n) is 7.29. The molecule has 0 bridgehead atoms. The van der Waals surface area contributed by atoms with E-state index < -0.39 is 11.9 Å². The number of methoxy groups -OCH3 is 1. The molecule has 0 fully saturated rings.